The summed E-state index contributed by atoms with van der Waals surface area (Å²) in [5.41, 5.74) is 0. The van der Waals surface area contributed by atoms with E-state index < -0.39 is 0 Å². The molecular formula is C15H31S. The van der Waals surface area contributed by atoms with Crippen LogP contribution in [0.2, 0.25) is 0 Å². The van der Waals surface area contributed by atoms with Gasteiger partial charge in [-0.1, -0.05) is 71.6 Å². The molecule has 0 spiro atoms. The quantitative estimate of drug-likeness (QED) is 0.365. The van der Waals surface area contributed by atoms with Crippen molar-refractivity contribution in [1.29, 1.82) is 0 Å². The maximum atomic E-state index is 3.87. The highest BCUT2D eigenvalue weighted by atomic mass is 32.2. The molecule has 0 fully saturated rings. The highest BCUT2D eigenvalue weighted by Crippen LogP contribution is 2.12. The first-order chi connectivity index (χ1) is 7.91. The molecule has 0 bridgehead atoms. The standard InChI is InChI=1S/C15H31S/c1-3-5-7-9-11-13-15-16-14-12-10-8-6-4-2/h2-15H2,1H3. The third kappa shape index (κ3) is 14.4. The van der Waals surface area contributed by atoms with Crippen LogP contribution >= 0.6 is 11.8 Å². The molecule has 0 aromatic heterocycles. The lowest BCUT2D eigenvalue weighted by molar-refractivity contribution is 0.626. The van der Waals surface area contributed by atoms with E-state index in [0.29, 0.717) is 0 Å². The van der Waals surface area contributed by atoms with Gasteiger partial charge < -0.3 is 0 Å². The van der Waals surface area contributed by atoms with Crippen molar-refractivity contribution in [3.63, 3.8) is 0 Å². The molecule has 0 aromatic carbocycles. The van der Waals surface area contributed by atoms with Gasteiger partial charge in [-0.25, -0.2) is 0 Å². The van der Waals surface area contributed by atoms with Gasteiger partial charge in [-0.05, 0) is 24.3 Å². The molecule has 0 aliphatic rings. The molecule has 0 amide bonds. The molecule has 0 heterocycles. The van der Waals surface area contributed by atoms with Crippen LogP contribution < -0.4 is 0 Å². The van der Waals surface area contributed by atoms with E-state index in [1.54, 1.807) is 0 Å². The SMILES string of the molecule is [CH2]CCCCCCSCCCCCCCC. The Morgan fingerprint density at radius 3 is 1.75 bits per heavy atom. The highest BCUT2D eigenvalue weighted by Gasteiger charge is 1.92. The average molecular weight is 243 g/mol. The molecule has 0 saturated carbocycles. The minimum atomic E-state index is 1.12. The van der Waals surface area contributed by atoms with Crippen LogP contribution in [0.3, 0.4) is 0 Å². The monoisotopic (exact) mass is 243 g/mol. The number of hydrogen-bond acceptors (Lipinski definition) is 1. The fraction of sp³-hybridized carbons (Fsp3) is 0.933. The van der Waals surface area contributed by atoms with Gasteiger partial charge in [0.05, 0.1) is 0 Å². The van der Waals surface area contributed by atoms with Gasteiger partial charge in [0.25, 0.3) is 0 Å². The fourth-order valence-electron chi connectivity index (χ4n) is 1.82. The van der Waals surface area contributed by atoms with E-state index in [1.807, 2.05) is 0 Å². The van der Waals surface area contributed by atoms with Gasteiger partial charge in [0.1, 0.15) is 0 Å². The predicted molar refractivity (Wildman–Crippen MR) is 79.1 cm³/mol. The summed E-state index contributed by atoms with van der Waals surface area (Å²) >= 11 is 2.16. The minimum absolute atomic E-state index is 1.12. The van der Waals surface area contributed by atoms with Gasteiger partial charge in [-0.15, -0.1) is 0 Å². The van der Waals surface area contributed by atoms with Crippen molar-refractivity contribution in [1.82, 2.24) is 0 Å². The van der Waals surface area contributed by atoms with Crippen molar-refractivity contribution < 1.29 is 0 Å². The van der Waals surface area contributed by atoms with Gasteiger partial charge in [-0.3, -0.25) is 0 Å². The second kappa shape index (κ2) is 15.4. The topological polar surface area (TPSA) is 0 Å². The number of rotatable bonds is 13. The molecule has 0 unspecified atom stereocenters. The van der Waals surface area contributed by atoms with Crippen molar-refractivity contribution in [2.75, 3.05) is 11.5 Å². The molecule has 0 nitrogen and oxygen atoms in total. The van der Waals surface area contributed by atoms with Crippen molar-refractivity contribution in [3.8, 4) is 0 Å². The smallest absolute Gasteiger partial charge is 0.00675 e. The molecule has 1 radical (unpaired) electrons. The Balaban J connectivity index is 2.83. The van der Waals surface area contributed by atoms with E-state index in [4.69, 9.17) is 0 Å². The van der Waals surface area contributed by atoms with E-state index in [-0.39, 0.29) is 0 Å². The van der Waals surface area contributed by atoms with Gasteiger partial charge >= 0.3 is 0 Å². The Morgan fingerprint density at radius 1 is 0.688 bits per heavy atom. The number of unbranched alkanes of at least 4 members (excludes halogenated alkanes) is 9. The fourth-order valence-corrected chi connectivity index (χ4v) is 2.84. The highest BCUT2D eigenvalue weighted by molar-refractivity contribution is 7.99. The van der Waals surface area contributed by atoms with Crippen LogP contribution in [0.25, 0.3) is 0 Å². The van der Waals surface area contributed by atoms with Crippen molar-refractivity contribution in [2.45, 2.75) is 77.6 Å². The van der Waals surface area contributed by atoms with Crippen LogP contribution in [-0.2, 0) is 0 Å². The zero-order valence-corrected chi connectivity index (χ0v) is 12.1. The summed E-state index contributed by atoms with van der Waals surface area (Å²) in [5, 5.41) is 0. The molecule has 0 saturated heterocycles. The summed E-state index contributed by atoms with van der Waals surface area (Å²) in [6.45, 7) is 6.15. The van der Waals surface area contributed by atoms with Gasteiger partial charge in [0, 0.05) is 0 Å². The Morgan fingerprint density at radius 2 is 1.19 bits per heavy atom. The molecule has 0 atom stereocenters. The lowest BCUT2D eigenvalue weighted by atomic mass is 10.1. The molecule has 0 N–H and O–H groups in total. The summed E-state index contributed by atoms with van der Waals surface area (Å²) in [5.74, 6) is 2.77. The second-order valence-corrected chi connectivity index (χ2v) is 5.87. The summed E-state index contributed by atoms with van der Waals surface area (Å²) in [6.07, 6.45) is 15.3. The second-order valence-electron chi connectivity index (χ2n) is 4.65. The van der Waals surface area contributed by atoms with Crippen LogP contribution in [0.1, 0.15) is 77.6 Å². The lowest BCUT2D eigenvalue weighted by Gasteiger charge is -2.02. The van der Waals surface area contributed by atoms with Crippen LogP contribution in [0.5, 0.6) is 0 Å². The first-order valence-electron chi connectivity index (χ1n) is 7.28. The minimum Gasteiger partial charge on any atom is -0.162 e. The molecule has 16 heavy (non-hydrogen) atoms. The summed E-state index contributed by atoms with van der Waals surface area (Å²) in [6, 6.07) is 0. The van der Waals surface area contributed by atoms with Crippen molar-refractivity contribution in [3.05, 3.63) is 6.92 Å². The number of thioether (sulfide) groups is 1. The van der Waals surface area contributed by atoms with Gasteiger partial charge in [0.2, 0.25) is 0 Å². The third-order valence-corrected chi connectivity index (χ3v) is 4.09. The zero-order valence-electron chi connectivity index (χ0n) is 11.3. The van der Waals surface area contributed by atoms with Crippen LogP contribution in [-0.4, -0.2) is 11.5 Å². The summed E-state index contributed by atoms with van der Waals surface area (Å²) < 4.78 is 0. The van der Waals surface area contributed by atoms with Gasteiger partial charge in [0.15, 0.2) is 0 Å². The van der Waals surface area contributed by atoms with Crippen molar-refractivity contribution >= 4 is 11.8 Å². The van der Waals surface area contributed by atoms with E-state index in [0.717, 1.165) is 6.42 Å². The first kappa shape index (κ1) is 16.4. The Labute approximate surface area is 108 Å². The van der Waals surface area contributed by atoms with Crippen molar-refractivity contribution in [2.24, 2.45) is 0 Å². The Kier molecular flexibility index (Phi) is 15.7. The zero-order chi connectivity index (χ0) is 11.9. The predicted octanol–water partition coefficient (Wildman–Crippen LogP) is 5.86. The Bertz CT molecular complexity index is 98.0. The normalized spacial score (nSPS) is 10.9. The van der Waals surface area contributed by atoms with Crippen LogP contribution in [0.4, 0.5) is 0 Å². The van der Waals surface area contributed by atoms with E-state index in [1.165, 1.54) is 75.7 Å². The van der Waals surface area contributed by atoms with E-state index in [9.17, 15) is 0 Å². The molecule has 0 aliphatic heterocycles. The molecule has 97 valence electrons. The third-order valence-electron chi connectivity index (χ3n) is 2.93. The molecular weight excluding hydrogens is 212 g/mol. The largest absolute Gasteiger partial charge is 0.162 e. The molecule has 0 aliphatic carbocycles. The van der Waals surface area contributed by atoms with E-state index >= 15 is 0 Å². The first-order valence-corrected chi connectivity index (χ1v) is 8.44. The maximum Gasteiger partial charge on any atom is -0.00675 e. The van der Waals surface area contributed by atoms with E-state index in [2.05, 4.69) is 25.6 Å². The van der Waals surface area contributed by atoms with Crippen LogP contribution in [0.15, 0.2) is 0 Å². The molecule has 0 rings (SSSR count). The number of hydrogen-bond donors (Lipinski definition) is 0. The lowest BCUT2D eigenvalue weighted by Crippen LogP contribution is -1.86. The van der Waals surface area contributed by atoms with Gasteiger partial charge in [-0.2, -0.15) is 11.8 Å². The summed E-state index contributed by atoms with van der Waals surface area (Å²) in [7, 11) is 0. The Hall–Kier alpha value is 0.350. The average Bonchev–Trinajstić information content (AvgIpc) is 2.31. The molecule has 0 aromatic rings. The molecule has 1 heteroatoms. The maximum absolute atomic E-state index is 3.87. The van der Waals surface area contributed by atoms with Crippen LogP contribution in [0, 0.1) is 6.92 Å². The summed E-state index contributed by atoms with van der Waals surface area (Å²) in [4.78, 5) is 0.